The lowest BCUT2D eigenvalue weighted by molar-refractivity contribution is -0.218. The maximum absolute atomic E-state index is 9.54. The van der Waals surface area contributed by atoms with Crippen molar-refractivity contribution >= 4 is 0 Å². The lowest BCUT2D eigenvalue weighted by Crippen LogP contribution is -2.31. The number of ether oxygens (including phenoxy) is 3. The van der Waals surface area contributed by atoms with Crippen LogP contribution >= 0.6 is 0 Å². The molecule has 2 aliphatic rings. The Kier molecular flexibility index (Phi) is 2.57. The van der Waals surface area contributed by atoms with Crippen LogP contribution in [-0.4, -0.2) is 42.0 Å². The van der Waals surface area contributed by atoms with Crippen molar-refractivity contribution < 1.29 is 19.3 Å². The molecular weight excluding hydrogens is 202 g/mol. The van der Waals surface area contributed by atoms with E-state index in [4.69, 9.17) is 19.7 Å². The molecule has 84 valence electrons. The van der Waals surface area contributed by atoms with Gasteiger partial charge in [0.25, 0.3) is 0 Å². The minimum Gasteiger partial charge on any atom is -0.366 e. The van der Waals surface area contributed by atoms with Crippen molar-refractivity contribution in [3.8, 4) is 0 Å². The lowest BCUT2D eigenvalue weighted by atomic mass is 10.1. The number of nitrogens with zero attached hydrogens (tertiary/aromatic N) is 3. The Bertz CT molecular complexity index is 302. The molecule has 7 heteroatoms. The average molecular weight is 215 g/mol. The van der Waals surface area contributed by atoms with Gasteiger partial charge < -0.3 is 19.3 Å². The molecule has 2 rings (SSSR count). The van der Waals surface area contributed by atoms with E-state index in [0.29, 0.717) is 0 Å². The molecule has 0 aromatic rings. The van der Waals surface area contributed by atoms with Crippen molar-refractivity contribution in [3.05, 3.63) is 10.4 Å². The van der Waals surface area contributed by atoms with Crippen LogP contribution in [0, 0.1) is 0 Å². The summed E-state index contributed by atoms with van der Waals surface area (Å²) in [5, 5.41) is 12.9. The molecule has 0 saturated carbocycles. The second-order valence-corrected chi connectivity index (χ2v) is 4.04. The summed E-state index contributed by atoms with van der Waals surface area (Å²) in [6, 6.07) is 0. The highest BCUT2D eigenvalue weighted by Gasteiger charge is 2.54. The Morgan fingerprint density at radius 1 is 1.40 bits per heavy atom. The summed E-state index contributed by atoms with van der Waals surface area (Å²) in [6.07, 6.45) is -2.34. The molecule has 1 N–H and O–H groups in total. The largest absolute Gasteiger partial charge is 0.366 e. The van der Waals surface area contributed by atoms with Gasteiger partial charge in [-0.2, -0.15) is 0 Å². The van der Waals surface area contributed by atoms with E-state index in [1.54, 1.807) is 13.8 Å². The average Bonchev–Trinajstić information content (AvgIpc) is 2.60. The van der Waals surface area contributed by atoms with Gasteiger partial charge in [-0.05, 0) is 19.4 Å². The fourth-order valence-electron chi connectivity index (χ4n) is 1.92. The molecule has 4 atom stereocenters. The van der Waals surface area contributed by atoms with E-state index >= 15 is 0 Å². The monoisotopic (exact) mass is 215 g/mol. The van der Waals surface area contributed by atoms with Gasteiger partial charge in [0, 0.05) is 4.91 Å². The van der Waals surface area contributed by atoms with Crippen molar-refractivity contribution in [1.82, 2.24) is 0 Å². The third kappa shape index (κ3) is 1.92. The predicted octanol–water partition coefficient (Wildman–Crippen LogP) is 0.534. The summed E-state index contributed by atoms with van der Waals surface area (Å²) in [5.74, 6) is -0.727. The summed E-state index contributed by atoms with van der Waals surface area (Å²) in [6.45, 7) is 3.67. The van der Waals surface area contributed by atoms with E-state index in [0.717, 1.165) is 0 Å². The van der Waals surface area contributed by atoms with Gasteiger partial charge >= 0.3 is 0 Å². The van der Waals surface area contributed by atoms with Crippen LogP contribution < -0.4 is 0 Å². The maximum atomic E-state index is 9.54. The number of hydrogen-bond donors (Lipinski definition) is 1. The van der Waals surface area contributed by atoms with Gasteiger partial charge in [-0.15, -0.1) is 0 Å². The Balaban J connectivity index is 2.08. The fraction of sp³-hybridized carbons (Fsp3) is 1.00. The fourth-order valence-corrected chi connectivity index (χ4v) is 1.92. The highest BCUT2D eigenvalue weighted by atomic mass is 16.8. The molecule has 15 heavy (non-hydrogen) atoms. The van der Waals surface area contributed by atoms with Gasteiger partial charge in [-0.3, -0.25) is 0 Å². The number of aliphatic hydroxyl groups excluding tert-OH is 1. The molecule has 7 nitrogen and oxygen atoms in total. The predicted molar refractivity (Wildman–Crippen MR) is 48.7 cm³/mol. The molecule has 0 amide bonds. The standard InChI is InChI=1S/C8H13N3O4/c1-8(2)14-5-4(3-10-11-9)13-7(12)6(5)15-8/h4-7,12H,3H2,1-2H3/t4?,5-,6?,7?/m1/s1. The molecular formula is C8H13N3O4. The second kappa shape index (κ2) is 3.62. The van der Waals surface area contributed by atoms with Crippen molar-refractivity contribution in [2.75, 3.05) is 6.54 Å². The number of fused-ring (bicyclic) bond motifs is 1. The summed E-state index contributed by atoms with van der Waals surface area (Å²) < 4.78 is 16.2. The van der Waals surface area contributed by atoms with Crippen LogP contribution in [0.1, 0.15) is 13.8 Å². The van der Waals surface area contributed by atoms with Gasteiger partial charge in [0.2, 0.25) is 0 Å². The molecule has 0 radical (unpaired) electrons. The van der Waals surface area contributed by atoms with Crippen LogP contribution in [0.2, 0.25) is 0 Å². The highest BCUT2D eigenvalue weighted by Crippen LogP contribution is 2.37. The van der Waals surface area contributed by atoms with Crippen LogP contribution in [0.15, 0.2) is 5.11 Å². The first kappa shape index (κ1) is 10.7. The number of hydrogen-bond acceptors (Lipinski definition) is 5. The molecule has 0 bridgehead atoms. The van der Waals surface area contributed by atoms with E-state index in [2.05, 4.69) is 10.0 Å². The van der Waals surface area contributed by atoms with Gasteiger partial charge in [-0.25, -0.2) is 0 Å². The second-order valence-electron chi connectivity index (χ2n) is 4.04. The molecule has 3 unspecified atom stereocenters. The first-order valence-corrected chi connectivity index (χ1v) is 4.73. The van der Waals surface area contributed by atoms with Gasteiger partial charge in [0.1, 0.15) is 12.2 Å². The highest BCUT2D eigenvalue weighted by molar-refractivity contribution is 4.95. The molecule has 2 fully saturated rings. The minimum absolute atomic E-state index is 0.133. The molecule has 0 aromatic heterocycles. The van der Waals surface area contributed by atoms with Crippen LogP contribution in [0.3, 0.4) is 0 Å². The Morgan fingerprint density at radius 2 is 2.07 bits per heavy atom. The van der Waals surface area contributed by atoms with Gasteiger partial charge in [0.15, 0.2) is 12.1 Å². The van der Waals surface area contributed by atoms with Gasteiger partial charge in [-0.1, -0.05) is 5.11 Å². The SMILES string of the molecule is CC1(C)OC2C(O)OC(CN=[N+]=[N-])[C@H]2O1. The van der Waals surface area contributed by atoms with E-state index in [1.165, 1.54) is 0 Å². The molecule has 2 aliphatic heterocycles. The smallest absolute Gasteiger partial charge is 0.184 e. The zero-order valence-corrected chi connectivity index (χ0v) is 8.53. The maximum Gasteiger partial charge on any atom is 0.184 e. The Morgan fingerprint density at radius 3 is 2.73 bits per heavy atom. The third-order valence-corrected chi connectivity index (χ3v) is 2.45. The van der Waals surface area contributed by atoms with Crippen LogP contribution in [0.5, 0.6) is 0 Å². The first-order chi connectivity index (χ1) is 7.03. The molecule has 0 spiro atoms. The molecule has 0 aromatic carbocycles. The minimum atomic E-state index is -1.02. The van der Waals surface area contributed by atoms with Crippen LogP contribution in [0.4, 0.5) is 0 Å². The summed E-state index contributed by atoms with van der Waals surface area (Å²) in [5.41, 5.74) is 8.20. The summed E-state index contributed by atoms with van der Waals surface area (Å²) >= 11 is 0. The Hall–Kier alpha value is -0.850. The van der Waals surface area contributed by atoms with E-state index in [-0.39, 0.29) is 12.6 Å². The van der Waals surface area contributed by atoms with Crippen LogP contribution in [-0.2, 0) is 14.2 Å². The summed E-state index contributed by atoms with van der Waals surface area (Å²) in [7, 11) is 0. The van der Waals surface area contributed by atoms with E-state index < -0.39 is 24.3 Å². The topological polar surface area (TPSA) is 96.7 Å². The number of rotatable bonds is 2. The van der Waals surface area contributed by atoms with E-state index in [1.807, 2.05) is 0 Å². The molecule has 2 saturated heterocycles. The lowest BCUT2D eigenvalue weighted by Gasteiger charge is -2.21. The Labute approximate surface area is 86.6 Å². The van der Waals surface area contributed by atoms with Crippen molar-refractivity contribution in [3.63, 3.8) is 0 Å². The molecule has 2 heterocycles. The van der Waals surface area contributed by atoms with Crippen LogP contribution in [0.25, 0.3) is 10.4 Å². The third-order valence-electron chi connectivity index (χ3n) is 2.45. The van der Waals surface area contributed by atoms with Crippen molar-refractivity contribution in [1.29, 1.82) is 0 Å². The number of aliphatic hydroxyl groups is 1. The van der Waals surface area contributed by atoms with Crippen molar-refractivity contribution in [2.45, 2.75) is 44.2 Å². The quantitative estimate of drug-likeness (QED) is 0.413. The van der Waals surface area contributed by atoms with Gasteiger partial charge in [0.05, 0.1) is 12.6 Å². The van der Waals surface area contributed by atoms with E-state index in [9.17, 15) is 5.11 Å². The number of azide groups is 1. The zero-order valence-electron chi connectivity index (χ0n) is 8.53. The normalized spacial score (nSPS) is 42.3. The molecule has 0 aliphatic carbocycles. The first-order valence-electron chi connectivity index (χ1n) is 4.73. The zero-order chi connectivity index (χ0) is 11.1. The summed E-state index contributed by atoms with van der Waals surface area (Å²) in [4.78, 5) is 2.64. The van der Waals surface area contributed by atoms with Crippen molar-refractivity contribution in [2.24, 2.45) is 5.11 Å².